The molecule has 2 aromatic rings. The fourth-order valence-electron chi connectivity index (χ4n) is 1.31. The summed E-state index contributed by atoms with van der Waals surface area (Å²) in [4.78, 5) is 4.26. The molecule has 0 aliphatic carbocycles. The first-order valence-corrected chi connectivity index (χ1v) is 3.96. The minimum Gasteiger partial charge on any atom is -0.317 e. The molecule has 1 aromatic heterocycles. The molecule has 1 N–H and O–H groups in total. The SMILES string of the molecule is CNCn1cnc2ccccc21.Cl.Cl. The summed E-state index contributed by atoms with van der Waals surface area (Å²) in [6, 6.07) is 8.11. The lowest BCUT2D eigenvalue weighted by Crippen LogP contribution is -2.11. The molecule has 0 spiro atoms. The molecule has 2 rings (SSSR count). The van der Waals surface area contributed by atoms with Crippen LogP contribution in [0.2, 0.25) is 0 Å². The molecule has 0 radical (unpaired) electrons. The number of benzene rings is 1. The van der Waals surface area contributed by atoms with Crippen LogP contribution in [0.25, 0.3) is 11.0 Å². The van der Waals surface area contributed by atoms with Gasteiger partial charge in [-0.05, 0) is 19.2 Å². The molecule has 0 fully saturated rings. The third kappa shape index (κ3) is 2.38. The largest absolute Gasteiger partial charge is 0.317 e. The van der Waals surface area contributed by atoms with E-state index in [1.54, 1.807) is 0 Å². The molecule has 0 saturated carbocycles. The van der Waals surface area contributed by atoms with Crippen molar-refractivity contribution in [2.45, 2.75) is 6.67 Å². The van der Waals surface area contributed by atoms with Gasteiger partial charge in [-0.3, -0.25) is 0 Å². The molecule has 3 nitrogen and oxygen atoms in total. The van der Waals surface area contributed by atoms with Crippen molar-refractivity contribution in [2.24, 2.45) is 0 Å². The van der Waals surface area contributed by atoms with Crippen molar-refractivity contribution < 1.29 is 0 Å². The Morgan fingerprint density at radius 1 is 1.29 bits per heavy atom. The van der Waals surface area contributed by atoms with Gasteiger partial charge >= 0.3 is 0 Å². The lowest BCUT2D eigenvalue weighted by atomic mass is 10.3. The third-order valence-corrected chi connectivity index (χ3v) is 1.86. The van der Waals surface area contributed by atoms with Gasteiger partial charge in [0.25, 0.3) is 0 Å². The number of halogens is 2. The minimum atomic E-state index is 0. The second-order valence-electron chi connectivity index (χ2n) is 2.71. The van der Waals surface area contributed by atoms with Crippen LogP contribution in [-0.4, -0.2) is 16.6 Å². The number of hydrogen-bond donors (Lipinski definition) is 1. The van der Waals surface area contributed by atoms with Gasteiger partial charge in [-0.1, -0.05) is 12.1 Å². The summed E-state index contributed by atoms with van der Waals surface area (Å²) in [5.74, 6) is 0. The maximum absolute atomic E-state index is 4.26. The molecule has 1 aromatic carbocycles. The molecule has 0 atom stereocenters. The van der Waals surface area contributed by atoms with Crippen molar-refractivity contribution >= 4 is 35.8 Å². The van der Waals surface area contributed by atoms with E-state index in [2.05, 4.69) is 20.9 Å². The van der Waals surface area contributed by atoms with Crippen LogP contribution in [0, 0.1) is 0 Å². The highest BCUT2D eigenvalue weighted by molar-refractivity contribution is 5.85. The summed E-state index contributed by atoms with van der Waals surface area (Å²) in [6.45, 7) is 0.806. The Labute approximate surface area is 95.3 Å². The number of nitrogens with one attached hydrogen (secondary N) is 1. The summed E-state index contributed by atoms with van der Waals surface area (Å²) < 4.78 is 2.08. The van der Waals surface area contributed by atoms with E-state index in [4.69, 9.17) is 0 Å². The smallest absolute Gasteiger partial charge is 0.0969 e. The standard InChI is InChI=1S/C9H11N3.2ClH/c1-10-6-12-7-11-8-4-2-3-5-9(8)12;;/h2-5,7,10H,6H2,1H3;2*1H. The number of para-hydroxylation sites is 2. The lowest BCUT2D eigenvalue weighted by molar-refractivity contribution is 0.633. The van der Waals surface area contributed by atoms with Crippen LogP contribution in [0.1, 0.15) is 0 Å². The van der Waals surface area contributed by atoms with Crippen LogP contribution in [0.4, 0.5) is 0 Å². The van der Waals surface area contributed by atoms with Crippen LogP contribution in [-0.2, 0) is 6.67 Å². The second-order valence-corrected chi connectivity index (χ2v) is 2.71. The Bertz CT molecular complexity index is 386. The molecule has 0 aliphatic heterocycles. The molecule has 0 bridgehead atoms. The summed E-state index contributed by atoms with van der Waals surface area (Å²) in [5, 5.41) is 3.09. The second kappa shape index (κ2) is 5.86. The van der Waals surface area contributed by atoms with Crippen LogP contribution >= 0.6 is 24.8 Å². The zero-order chi connectivity index (χ0) is 8.39. The normalized spacial score (nSPS) is 9.21. The van der Waals surface area contributed by atoms with E-state index in [1.807, 2.05) is 31.6 Å². The van der Waals surface area contributed by atoms with Crippen LogP contribution < -0.4 is 5.32 Å². The van der Waals surface area contributed by atoms with Crippen molar-refractivity contribution in [1.82, 2.24) is 14.9 Å². The number of aromatic nitrogens is 2. The first-order valence-electron chi connectivity index (χ1n) is 3.96. The minimum absolute atomic E-state index is 0. The summed E-state index contributed by atoms with van der Waals surface area (Å²) in [5.41, 5.74) is 2.22. The van der Waals surface area contributed by atoms with Gasteiger partial charge in [0.1, 0.15) is 0 Å². The van der Waals surface area contributed by atoms with Gasteiger partial charge in [-0.15, -0.1) is 24.8 Å². The zero-order valence-electron chi connectivity index (χ0n) is 7.80. The van der Waals surface area contributed by atoms with Crippen molar-refractivity contribution in [3.8, 4) is 0 Å². The lowest BCUT2D eigenvalue weighted by Gasteiger charge is -2.00. The van der Waals surface area contributed by atoms with Gasteiger partial charge in [0.05, 0.1) is 24.0 Å². The predicted octanol–water partition coefficient (Wildman–Crippen LogP) is 2.06. The highest BCUT2D eigenvalue weighted by Crippen LogP contribution is 2.10. The third-order valence-electron chi connectivity index (χ3n) is 1.86. The van der Waals surface area contributed by atoms with Crippen LogP contribution in [0.5, 0.6) is 0 Å². The first-order chi connectivity index (χ1) is 5.92. The zero-order valence-corrected chi connectivity index (χ0v) is 9.44. The Morgan fingerprint density at radius 3 is 2.71 bits per heavy atom. The Hall–Kier alpha value is -0.770. The van der Waals surface area contributed by atoms with Crippen molar-refractivity contribution in [3.05, 3.63) is 30.6 Å². The number of nitrogens with zero attached hydrogens (tertiary/aromatic N) is 2. The van der Waals surface area contributed by atoms with Gasteiger partial charge in [-0.25, -0.2) is 4.98 Å². The molecular weight excluding hydrogens is 221 g/mol. The summed E-state index contributed by atoms with van der Waals surface area (Å²) in [7, 11) is 1.93. The van der Waals surface area contributed by atoms with E-state index in [0.717, 1.165) is 12.2 Å². The Balaban J connectivity index is 0.000000845. The van der Waals surface area contributed by atoms with Crippen LogP contribution in [0.3, 0.4) is 0 Å². The molecule has 14 heavy (non-hydrogen) atoms. The maximum atomic E-state index is 4.26. The van der Waals surface area contributed by atoms with Gasteiger partial charge in [0.2, 0.25) is 0 Å². The van der Waals surface area contributed by atoms with Crippen LogP contribution in [0.15, 0.2) is 30.6 Å². The number of rotatable bonds is 2. The Morgan fingerprint density at radius 2 is 2.00 bits per heavy atom. The Kier molecular flexibility index (Phi) is 5.53. The van der Waals surface area contributed by atoms with Gasteiger partial charge < -0.3 is 9.88 Å². The summed E-state index contributed by atoms with van der Waals surface area (Å²) in [6.07, 6.45) is 1.85. The van der Waals surface area contributed by atoms with Gasteiger partial charge in [-0.2, -0.15) is 0 Å². The van der Waals surface area contributed by atoms with Crippen molar-refractivity contribution in [3.63, 3.8) is 0 Å². The molecule has 1 heterocycles. The van der Waals surface area contributed by atoms with Gasteiger partial charge in [0, 0.05) is 0 Å². The number of fused-ring (bicyclic) bond motifs is 1. The van der Waals surface area contributed by atoms with E-state index in [-0.39, 0.29) is 24.8 Å². The van der Waals surface area contributed by atoms with E-state index < -0.39 is 0 Å². The highest BCUT2D eigenvalue weighted by atomic mass is 35.5. The molecular formula is C9H13Cl2N3. The van der Waals surface area contributed by atoms with E-state index in [0.29, 0.717) is 0 Å². The van der Waals surface area contributed by atoms with E-state index >= 15 is 0 Å². The molecule has 0 aliphatic rings. The fourth-order valence-corrected chi connectivity index (χ4v) is 1.31. The monoisotopic (exact) mass is 233 g/mol. The quantitative estimate of drug-likeness (QED) is 0.861. The van der Waals surface area contributed by atoms with Crippen molar-refractivity contribution in [2.75, 3.05) is 7.05 Å². The van der Waals surface area contributed by atoms with E-state index in [1.165, 1.54) is 5.52 Å². The predicted molar refractivity (Wildman–Crippen MR) is 63.3 cm³/mol. The number of imidazole rings is 1. The molecule has 78 valence electrons. The first kappa shape index (κ1) is 13.2. The molecule has 0 amide bonds. The fraction of sp³-hybridized carbons (Fsp3) is 0.222. The number of hydrogen-bond acceptors (Lipinski definition) is 2. The van der Waals surface area contributed by atoms with Crippen molar-refractivity contribution in [1.29, 1.82) is 0 Å². The maximum Gasteiger partial charge on any atom is 0.0969 e. The highest BCUT2D eigenvalue weighted by Gasteiger charge is 1.97. The molecule has 0 unspecified atom stereocenters. The average Bonchev–Trinajstić information content (AvgIpc) is 2.50. The van der Waals surface area contributed by atoms with E-state index in [9.17, 15) is 0 Å². The molecule has 0 saturated heterocycles. The summed E-state index contributed by atoms with van der Waals surface area (Å²) >= 11 is 0. The topological polar surface area (TPSA) is 29.9 Å². The van der Waals surface area contributed by atoms with Gasteiger partial charge in [0.15, 0.2) is 0 Å². The average molecular weight is 234 g/mol. The molecule has 5 heteroatoms.